The summed E-state index contributed by atoms with van der Waals surface area (Å²) in [5.41, 5.74) is 6.18. The van der Waals surface area contributed by atoms with E-state index in [9.17, 15) is 0 Å². The minimum absolute atomic E-state index is 0. The Labute approximate surface area is 214 Å². The Morgan fingerprint density at radius 1 is 0.606 bits per heavy atom. The summed E-state index contributed by atoms with van der Waals surface area (Å²) in [6.45, 7) is 0. The van der Waals surface area contributed by atoms with Crippen molar-refractivity contribution in [3.8, 4) is 0 Å². The van der Waals surface area contributed by atoms with Crippen LogP contribution in [0.2, 0.25) is 7.25 Å². The van der Waals surface area contributed by atoms with Crippen LogP contribution in [-0.4, -0.2) is 0 Å². The van der Waals surface area contributed by atoms with Gasteiger partial charge in [0, 0.05) is 0 Å². The number of fused-ring (bicyclic) bond motifs is 4. The summed E-state index contributed by atoms with van der Waals surface area (Å²) in [4.78, 5) is 0. The zero-order valence-corrected chi connectivity index (χ0v) is 22.8. The second-order valence-electron chi connectivity index (χ2n) is 11.4. The van der Waals surface area contributed by atoms with E-state index in [1.54, 1.807) is 62.5 Å². The van der Waals surface area contributed by atoms with Gasteiger partial charge in [0.2, 0.25) is 0 Å². The van der Waals surface area contributed by atoms with Gasteiger partial charge >= 0.3 is 203 Å². The number of hydrogen-bond donors (Lipinski definition) is 0. The van der Waals surface area contributed by atoms with Crippen LogP contribution in [0.5, 0.6) is 0 Å². The van der Waals surface area contributed by atoms with Gasteiger partial charge in [-0.05, 0) is 0 Å². The molecule has 2 heteroatoms. The van der Waals surface area contributed by atoms with Crippen molar-refractivity contribution in [3.63, 3.8) is 0 Å². The predicted molar refractivity (Wildman–Crippen MR) is 131 cm³/mol. The fraction of sp³-hybridized carbons (Fsp3) is 0.484. The summed E-state index contributed by atoms with van der Waals surface area (Å²) in [5, 5.41) is 0. The number of rotatable bonds is 5. The van der Waals surface area contributed by atoms with E-state index in [1.807, 2.05) is 3.28 Å². The molecule has 0 nitrogen and oxygen atoms in total. The monoisotopic (exact) mass is 532 g/mol. The second-order valence-corrected chi connectivity index (χ2v) is 18.8. The van der Waals surface area contributed by atoms with E-state index in [4.69, 9.17) is 0 Å². The van der Waals surface area contributed by atoms with E-state index < -0.39 is 21.8 Å². The van der Waals surface area contributed by atoms with E-state index in [0.29, 0.717) is 0 Å². The van der Waals surface area contributed by atoms with Crippen molar-refractivity contribution in [1.82, 2.24) is 0 Å². The van der Waals surface area contributed by atoms with E-state index in [0.717, 1.165) is 30.9 Å². The van der Waals surface area contributed by atoms with E-state index >= 15 is 0 Å². The van der Waals surface area contributed by atoms with Crippen LogP contribution in [0.4, 0.5) is 0 Å². The molecule has 33 heavy (non-hydrogen) atoms. The largest absolute Gasteiger partial charge is 1.00 e. The molecule has 0 saturated heterocycles. The van der Waals surface area contributed by atoms with Crippen LogP contribution >= 0.6 is 0 Å². The maximum atomic E-state index is 2.63. The third kappa shape index (κ3) is 3.91. The second kappa shape index (κ2) is 9.28. The maximum absolute atomic E-state index is 2.63. The normalized spacial score (nSPS) is 34.0. The standard InChI is InChI=1S/C17H13.2C7H11.ClH.Zr/c1-3-8-14(9-4-1)16-12-7-13-17(16)15-10-5-2-6-11-15;2*1-2-7-4-3-6(1)5-7;;/h1-6,8-12H,7H2;2*1,6-7H,2-5H2;1H;/q;;;;+1/p-1. The van der Waals surface area contributed by atoms with Gasteiger partial charge in [0.25, 0.3) is 0 Å². The minimum Gasteiger partial charge on any atom is -1.00 e. The number of benzene rings is 2. The molecule has 5 aliphatic carbocycles. The Morgan fingerprint density at radius 3 is 1.64 bits per heavy atom. The first-order valence-electron chi connectivity index (χ1n) is 13.3. The fourth-order valence-corrected chi connectivity index (χ4v) is 21.3. The first kappa shape index (κ1) is 22.6. The van der Waals surface area contributed by atoms with Gasteiger partial charge in [-0.25, -0.2) is 0 Å². The van der Waals surface area contributed by atoms with Crippen LogP contribution in [0.25, 0.3) is 11.1 Å². The van der Waals surface area contributed by atoms with E-state index in [-0.39, 0.29) is 12.4 Å². The van der Waals surface area contributed by atoms with Gasteiger partial charge in [0.15, 0.2) is 0 Å². The van der Waals surface area contributed by atoms with Crippen molar-refractivity contribution in [2.24, 2.45) is 23.7 Å². The maximum Gasteiger partial charge on any atom is -1.00 e. The van der Waals surface area contributed by atoms with Gasteiger partial charge < -0.3 is 12.4 Å². The quantitative estimate of drug-likeness (QED) is 0.461. The SMILES string of the molecule is C1=C(c2ccccc2)C(c2ccccc2)=[C]([Zr+]([CH]2CC3CCC2C3)[CH]2CC3CCC2C3)C1.[Cl-]. The summed E-state index contributed by atoms with van der Waals surface area (Å²) in [5.74, 6) is 4.36. The van der Waals surface area contributed by atoms with Crippen LogP contribution in [0, 0.1) is 23.7 Å². The van der Waals surface area contributed by atoms with Gasteiger partial charge in [-0.3, -0.25) is 0 Å². The summed E-state index contributed by atoms with van der Waals surface area (Å²) >= 11 is -1.82. The van der Waals surface area contributed by atoms with Crippen molar-refractivity contribution >= 4 is 11.1 Å². The zero-order valence-electron chi connectivity index (χ0n) is 19.6. The molecular weight excluding hydrogens is 499 g/mol. The Morgan fingerprint density at radius 2 is 1.15 bits per heavy atom. The van der Waals surface area contributed by atoms with Gasteiger partial charge in [-0.15, -0.1) is 0 Å². The summed E-state index contributed by atoms with van der Waals surface area (Å²) in [6, 6.07) is 22.8. The van der Waals surface area contributed by atoms with Crippen molar-refractivity contribution in [3.05, 3.63) is 81.1 Å². The van der Waals surface area contributed by atoms with Crippen LogP contribution in [0.3, 0.4) is 0 Å². The molecule has 2 aromatic rings. The topological polar surface area (TPSA) is 0 Å². The van der Waals surface area contributed by atoms with Crippen LogP contribution in [0.1, 0.15) is 68.9 Å². The average Bonchev–Trinajstić information content (AvgIpc) is 3.68. The summed E-state index contributed by atoms with van der Waals surface area (Å²) < 4.78 is 4.32. The molecule has 5 aliphatic rings. The molecule has 4 bridgehead atoms. The molecule has 0 heterocycles. The molecule has 4 fully saturated rings. The summed E-state index contributed by atoms with van der Waals surface area (Å²) in [6.07, 6.45) is 16.5. The third-order valence-corrected chi connectivity index (χ3v) is 20.1. The number of halogens is 1. The van der Waals surface area contributed by atoms with E-state index in [2.05, 4.69) is 66.7 Å². The van der Waals surface area contributed by atoms with Crippen molar-refractivity contribution in [2.45, 2.75) is 65.0 Å². The fourth-order valence-electron chi connectivity index (χ4n) is 8.62. The zero-order chi connectivity index (χ0) is 21.1. The number of allylic oxidation sites excluding steroid dienone is 4. The smallest absolute Gasteiger partial charge is 1.00 e. The first-order chi connectivity index (χ1) is 15.8. The first-order valence-corrected chi connectivity index (χ1v) is 17.3. The minimum atomic E-state index is -1.82. The Balaban J connectivity index is 0.00000206. The molecule has 0 aliphatic heterocycles. The molecule has 7 rings (SSSR count). The molecule has 0 N–H and O–H groups in total. The van der Waals surface area contributed by atoms with Gasteiger partial charge in [0.1, 0.15) is 0 Å². The molecule has 0 spiro atoms. The molecule has 0 radical (unpaired) electrons. The van der Waals surface area contributed by atoms with Crippen molar-refractivity contribution in [1.29, 1.82) is 0 Å². The van der Waals surface area contributed by atoms with Gasteiger partial charge in [-0.1, -0.05) is 0 Å². The van der Waals surface area contributed by atoms with Gasteiger partial charge in [0.05, 0.1) is 0 Å². The average molecular weight is 534 g/mol. The van der Waals surface area contributed by atoms with Gasteiger partial charge in [-0.2, -0.15) is 0 Å². The van der Waals surface area contributed by atoms with Crippen LogP contribution in [-0.2, 0) is 21.8 Å². The molecular formula is C31H35ClZr. The van der Waals surface area contributed by atoms with Crippen molar-refractivity contribution in [2.75, 3.05) is 0 Å². The Bertz CT molecular complexity index is 1030. The Kier molecular flexibility index (Phi) is 6.34. The molecule has 2 aromatic carbocycles. The molecule has 0 amide bonds. The van der Waals surface area contributed by atoms with Crippen LogP contribution < -0.4 is 12.4 Å². The predicted octanol–water partition coefficient (Wildman–Crippen LogP) is 5.72. The number of hydrogen-bond acceptors (Lipinski definition) is 0. The molecule has 6 unspecified atom stereocenters. The molecule has 6 atom stereocenters. The Hall–Kier alpha value is -0.907. The van der Waals surface area contributed by atoms with E-state index in [1.165, 1.54) is 17.5 Å². The molecule has 4 saturated carbocycles. The van der Waals surface area contributed by atoms with Crippen molar-refractivity contribution < 1.29 is 34.2 Å². The molecule has 0 aromatic heterocycles. The van der Waals surface area contributed by atoms with Crippen LogP contribution in [0.15, 0.2) is 70.0 Å². The third-order valence-electron chi connectivity index (χ3n) is 9.85. The summed E-state index contributed by atoms with van der Waals surface area (Å²) in [7, 11) is 0. The molecule has 170 valence electrons.